The molecule has 0 aliphatic carbocycles. The maximum atomic E-state index is 12.9. The molecular weight excluding hydrogens is 337 g/mol. The lowest BCUT2D eigenvalue weighted by molar-refractivity contribution is -0.912. The third kappa shape index (κ3) is 3.05. The zero-order chi connectivity index (χ0) is 16.6. The molecule has 5 nitrogen and oxygen atoms in total. The second kappa shape index (κ2) is 6.30. The van der Waals surface area contributed by atoms with Crippen LogP contribution in [0.15, 0.2) is 18.2 Å². The number of hydrogen-bond donors (Lipinski definition) is 2. The summed E-state index contributed by atoms with van der Waals surface area (Å²) < 4.78 is 0. The van der Waals surface area contributed by atoms with E-state index in [1.54, 1.807) is 25.1 Å². The van der Waals surface area contributed by atoms with Gasteiger partial charge in [-0.05, 0) is 38.3 Å². The summed E-state index contributed by atoms with van der Waals surface area (Å²) in [6.45, 7) is 4.09. The van der Waals surface area contributed by atoms with Crippen LogP contribution in [0.4, 0.5) is 4.79 Å². The molecule has 0 radical (unpaired) electrons. The van der Waals surface area contributed by atoms with Crippen molar-refractivity contribution in [3.63, 3.8) is 0 Å². The molecule has 2 saturated heterocycles. The molecule has 0 spiro atoms. The smallest absolute Gasteiger partial charge is 0.319 e. The number of halogens is 2. The van der Waals surface area contributed by atoms with Gasteiger partial charge in [0.1, 0.15) is 5.54 Å². The fraction of sp³-hybridized carbons (Fsp3) is 0.500. The Balaban J connectivity index is 1.84. The summed E-state index contributed by atoms with van der Waals surface area (Å²) in [5.74, 6) is -0.259. The van der Waals surface area contributed by atoms with Crippen molar-refractivity contribution in [2.24, 2.45) is 0 Å². The van der Waals surface area contributed by atoms with E-state index in [2.05, 4.69) is 5.32 Å². The van der Waals surface area contributed by atoms with E-state index in [0.29, 0.717) is 22.3 Å². The highest BCUT2D eigenvalue weighted by Crippen LogP contribution is 2.34. The van der Waals surface area contributed by atoms with Gasteiger partial charge in [0.25, 0.3) is 5.91 Å². The standard InChI is InChI=1S/C16H19Cl2N3O2/c1-16(12-6-5-11(17)9-13(12)18)14(22)21(15(23)19-16)10-20-7-3-2-4-8-20/h5-6,9H,2-4,7-8,10H2,1H3,(H,19,23)/p+1/t16-/m0/s1. The molecule has 2 N–H and O–H groups in total. The molecule has 124 valence electrons. The Hall–Kier alpha value is -1.30. The number of quaternary nitrogens is 1. The number of nitrogens with one attached hydrogen (secondary N) is 2. The lowest BCUT2D eigenvalue weighted by atomic mass is 9.92. The maximum Gasteiger partial charge on any atom is 0.329 e. The predicted molar refractivity (Wildman–Crippen MR) is 88.6 cm³/mol. The molecule has 2 aliphatic rings. The van der Waals surface area contributed by atoms with Crippen molar-refractivity contribution in [2.75, 3.05) is 19.8 Å². The van der Waals surface area contributed by atoms with Crippen molar-refractivity contribution in [1.29, 1.82) is 0 Å². The Kier molecular flexibility index (Phi) is 4.54. The van der Waals surface area contributed by atoms with E-state index in [1.165, 1.54) is 16.2 Å². The first-order valence-corrected chi connectivity index (χ1v) is 8.60. The quantitative estimate of drug-likeness (QED) is 0.811. The van der Waals surface area contributed by atoms with Crippen LogP contribution in [-0.2, 0) is 10.3 Å². The van der Waals surface area contributed by atoms with Crippen molar-refractivity contribution in [1.82, 2.24) is 10.2 Å². The molecule has 1 atom stereocenters. The van der Waals surface area contributed by atoms with Crippen LogP contribution in [0.3, 0.4) is 0 Å². The number of carbonyl (C=O) groups excluding carboxylic acids is 2. The van der Waals surface area contributed by atoms with Crippen LogP contribution in [-0.4, -0.2) is 36.6 Å². The summed E-state index contributed by atoms with van der Waals surface area (Å²) in [5, 5.41) is 3.66. The molecule has 2 fully saturated rings. The summed E-state index contributed by atoms with van der Waals surface area (Å²) in [5.41, 5.74) is -0.577. The molecule has 3 amide bonds. The van der Waals surface area contributed by atoms with Crippen molar-refractivity contribution in [3.05, 3.63) is 33.8 Å². The number of carbonyl (C=O) groups is 2. The topological polar surface area (TPSA) is 53.9 Å². The molecule has 2 aliphatic heterocycles. The normalized spacial score (nSPS) is 25.8. The van der Waals surface area contributed by atoms with Crippen LogP contribution >= 0.6 is 23.2 Å². The van der Waals surface area contributed by atoms with E-state index in [9.17, 15) is 9.59 Å². The van der Waals surface area contributed by atoms with Crippen LogP contribution < -0.4 is 10.2 Å². The van der Waals surface area contributed by atoms with Gasteiger partial charge in [-0.15, -0.1) is 0 Å². The molecule has 7 heteroatoms. The van der Waals surface area contributed by atoms with Crippen LogP contribution in [0.25, 0.3) is 0 Å². The first-order chi connectivity index (χ1) is 10.9. The van der Waals surface area contributed by atoms with E-state index in [-0.39, 0.29) is 11.9 Å². The molecule has 1 aromatic carbocycles. The van der Waals surface area contributed by atoms with Gasteiger partial charge >= 0.3 is 6.03 Å². The summed E-state index contributed by atoms with van der Waals surface area (Å²) in [7, 11) is 0. The fourth-order valence-corrected chi connectivity index (χ4v) is 3.95. The van der Waals surface area contributed by atoms with Crippen LogP contribution in [0.5, 0.6) is 0 Å². The Morgan fingerprint density at radius 2 is 1.91 bits per heavy atom. The largest absolute Gasteiger partial charge is 0.329 e. The summed E-state index contributed by atoms with van der Waals surface area (Å²) in [4.78, 5) is 27.8. The van der Waals surface area contributed by atoms with Gasteiger partial charge in [0, 0.05) is 15.6 Å². The minimum Gasteiger partial charge on any atom is -0.319 e. The molecule has 23 heavy (non-hydrogen) atoms. The number of urea groups is 1. The zero-order valence-electron chi connectivity index (χ0n) is 13.0. The number of nitrogens with zero attached hydrogens (tertiary/aromatic N) is 1. The van der Waals surface area contributed by atoms with Gasteiger partial charge in [0.05, 0.1) is 13.1 Å². The van der Waals surface area contributed by atoms with Gasteiger partial charge in [-0.1, -0.05) is 29.3 Å². The number of amides is 3. The highest BCUT2D eigenvalue weighted by molar-refractivity contribution is 6.35. The lowest BCUT2D eigenvalue weighted by Crippen LogP contribution is -3.14. The molecule has 1 aromatic rings. The fourth-order valence-electron chi connectivity index (χ4n) is 3.35. The monoisotopic (exact) mass is 356 g/mol. The molecule has 0 bridgehead atoms. The van der Waals surface area contributed by atoms with Gasteiger partial charge in [-0.25, -0.2) is 9.69 Å². The second-order valence-electron chi connectivity index (χ2n) is 6.38. The summed E-state index contributed by atoms with van der Waals surface area (Å²) in [6, 6.07) is 4.59. The van der Waals surface area contributed by atoms with E-state index in [0.717, 1.165) is 25.9 Å². The minimum absolute atomic E-state index is 0.259. The first-order valence-electron chi connectivity index (χ1n) is 7.85. The Morgan fingerprint density at radius 3 is 2.57 bits per heavy atom. The molecule has 0 aromatic heterocycles. The van der Waals surface area contributed by atoms with Crippen LogP contribution in [0.1, 0.15) is 31.7 Å². The number of rotatable bonds is 3. The highest BCUT2D eigenvalue weighted by atomic mass is 35.5. The van der Waals surface area contributed by atoms with E-state index in [4.69, 9.17) is 23.2 Å². The number of benzene rings is 1. The van der Waals surface area contributed by atoms with Crippen molar-refractivity contribution < 1.29 is 14.5 Å². The van der Waals surface area contributed by atoms with Crippen molar-refractivity contribution >= 4 is 35.1 Å². The number of hydrogen-bond acceptors (Lipinski definition) is 2. The maximum absolute atomic E-state index is 12.9. The summed E-state index contributed by atoms with van der Waals surface area (Å²) in [6.07, 6.45) is 3.50. The minimum atomic E-state index is -1.14. The molecule has 0 saturated carbocycles. The SMILES string of the molecule is C[C@@]1(c2ccc(Cl)cc2Cl)NC(=O)N(C[NH+]2CCCCC2)C1=O. The van der Waals surface area contributed by atoms with Gasteiger partial charge < -0.3 is 10.2 Å². The van der Waals surface area contributed by atoms with Gasteiger partial charge in [-0.3, -0.25) is 4.79 Å². The third-order valence-electron chi connectivity index (χ3n) is 4.69. The van der Waals surface area contributed by atoms with E-state index in [1.807, 2.05) is 0 Å². The van der Waals surface area contributed by atoms with Crippen molar-refractivity contribution in [2.45, 2.75) is 31.7 Å². The van der Waals surface area contributed by atoms with E-state index < -0.39 is 5.54 Å². The van der Waals surface area contributed by atoms with Crippen LogP contribution in [0.2, 0.25) is 10.0 Å². The Labute approximate surface area is 145 Å². The number of likely N-dealkylation sites (tertiary alicyclic amines) is 1. The molecular formula is C16H20Cl2N3O2+. The molecule has 3 rings (SSSR count). The first kappa shape index (κ1) is 16.6. The number of piperidine rings is 1. The average Bonchev–Trinajstić information content (AvgIpc) is 2.72. The van der Waals surface area contributed by atoms with Gasteiger partial charge in [0.15, 0.2) is 6.67 Å². The third-order valence-corrected chi connectivity index (χ3v) is 5.23. The lowest BCUT2D eigenvalue weighted by Gasteiger charge is -2.27. The highest BCUT2D eigenvalue weighted by Gasteiger charge is 2.51. The number of imide groups is 1. The van der Waals surface area contributed by atoms with Gasteiger partial charge in [0.2, 0.25) is 0 Å². The second-order valence-corrected chi connectivity index (χ2v) is 7.22. The predicted octanol–water partition coefficient (Wildman–Crippen LogP) is 1.79. The molecule has 0 unspecified atom stereocenters. The Morgan fingerprint density at radius 1 is 1.22 bits per heavy atom. The molecule has 2 heterocycles. The Bertz CT molecular complexity index is 646. The summed E-state index contributed by atoms with van der Waals surface area (Å²) >= 11 is 12.2. The van der Waals surface area contributed by atoms with Crippen LogP contribution in [0, 0.1) is 0 Å². The van der Waals surface area contributed by atoms with E-state index >= 15 is 0 Å². The average molecular weight is 357 g/mol. The van der Waals surface area contributed by atoms with Crippen molar-refractivity contribution in [3.8, 4) is 0 Å². The zero-order valence-corrected chi connectivity index (χ0v) is 14.5. The van der Waals surface area contributed by atoms with Gasteiger partial charge in [-0.2, -0.15) is 0 Å².